The highest BCUT2D eigenvalue weighted by molar-refractivity contribution is 5.96. The molecule has 3 rings (SSSR count). The fourth-order valence-corrected chi connectivity index (χ4v) is 2.28. The molecule has 23 heavy (non-hydrogen) atoms. The van der Waals surface area contributed by atoms with Gasteiger partial charge in [0.15, 0.2) is 11.5 Å². The van der Waals surface area contributed by atoms with Crippen molar-refractivity contribution in [3.63, 3.8) is 0 Å². The molecule has 0 fully saturated rings. The summed E-state index contributed by atoms with van der Waals surface area (Å²) in [7, 11) is 0. The molecule has 2 aromatic carbocycles. The molecular weight excluding hydrogens is 296 g/mol. The van der Waals surface area contributed by atoms with E-state index in [-0.39, 0.29) is 18.6 Å². The number of carbonyl (C=O) groups excluding carboxylic acids is 2. The third kappa shape index (κ3) is 3.60. The van der Waals surface area contributed by atoms with Gasteiger partial charge in [-0.15, -0.1) is 0 Å². The molecule has 6 heteroatoms. The first-order valence-electron chi connectivity index (χ1n) is 7.16. The standard InChI is InChI=1S/C17H16N2O4/c1-11(20)19-14-4-2-3-13(8-14)17(21)18-9-12-5-6-15-16(7-12)23-10-22-15/h2-8H,9-10H2,1H3,(H,18,21)(H,19,20). The maximum Gasteiger partial charge on any atom is 0.251 e. The minimum atomic E-state index is -0.213. The summed E-state index contributed by atoms with van der Waals surface area (Å²) in [5, 5.41) is 5.49. The zero-order valence-corrected chi connectivity index (χ0v) is 12.6. The molecule has 0 radical (unpaired) electrons. The molecule has 1 heterocycles. The van der Waals surface area contributed by atoms with Crippen LogP contribution in [0.1, 0.15) is 22.8 Å². The van der Waals surface area contributed by atoms with Gasteiger partial charge < -0.3 is 20.1 Å². The number of hydrogen-bond acceptors (Lipinski definition) is 4. The molecule has 2 N–H and O–H groups in total. The highest BCUT2D eigenvalue weighted by Crippen LogP contribution is 2.32. The summed E-state index contributed by atoms with van der Waals surface area (Å²) in [5.74, 6) is 1.00. The van der Waals surface area contributed by atoms with Crippen LogP contribution in [0, 0.1) is 0 Å². The quantitative estimate of drug-likeness (QED) is 0.908. The lowest BCUT2D eigenvalue weighted by molar-refractivity contribution is -0.114. The van der Waals surface area contributed by atoms with Gasteiger partial charge in [0.05, 0.1) is 0 Å². The smallest absolute Gasteiger partial charge is 0.251 e. The summed E-state index contributed by atoms with van der Waals surface area (Å²) >= 11 is 0. The van der Waals surface area contributed by atoms with Crippen molar-refractivity contribution < 1.29 is 19.1 Å². The van der Waals surface area contributed by atoms with Crippen molar-refractivity contribution in [2.24, 2.45) is 0 Å². The van der Waals surface area contributed by atoms with E-state index < -0.39 is 0 Å². The molecule has 0 atom stereocenters. The molecule has 0 bridgehead atoms. The first-order valence-corrected chi connectivity index (χ1v) is 7.16. The number of nitrogens with one attached hydrogen (secondary N) is 2. The largest absolute Gasteiger partial charge is 0.454 e. The van der Waals surface area contributed by atoms with Gasteiger partial charge in [0.1, 0.15) is 0 Å². The van der Waals surface area contributed by atoms with Crippen molar-refractivity contribution in [3.8, 4) is 11.5 Å². The maximum absolute atomic E-state index is 12.2. The van der Waals surface area contributed by atoms with E-state index in [0.29, 0.717) is 29.3 Å². The molecule has 0 aromatic heterocycles. The number of anilines is 1. The number of amides is 2. The first-order chi connectivity index (χ1) is 11.1. The van der Waals surface area contributed by atoms with Crippen molar-refractivity contribution in [1.82, 2.24) is 5.32 Å². The average Bonchev–Trinajstić information content (AvgIpc) is 3.00. The van der Waals surface area contributed by atoms with Crippen LogP contribution in [0.4, 0.5) is 5.69 Å². The Bertz CT molecular complexity index is 758. The van der Waals surface area contributed by atoms with Crippen LogP contribution in [0.5, 0.6) is 11.5 Å². The minimum absolute atomic E-state index is 0.178. The molecule has 118 valence electrons. The Hall–Kier alpha value is -3.02. The second-order valence-electron chi connectivity index (χ2n) is 5.13. The summed E-state index contributed by atoms with van der Waals surface area (Å²) < 4.78 is 10.6. The Balaban J connectivity index is 1.64. The normalized spacial score (nSPS) is 11.9. The molecule has 0 aliphatic carbocycles. The van der Waals surface area contributed by atoms with Gasteiger partial charge in [-0.3, -0.25) is 9.59 Å². The van der Waals surface area contributed by atoms with E-state index in [4.69, 9.17) is 9.47 Å². The van der Waals surface area contributed by atoms with Gasteiger partial charge in [-0.25, -0.2) is 0 Å². The van der Waals surface area contributed by atoms with Crippen molar-refractivity contribution in [2.45, 2.75) is 13.5 Å². The van der Waals surface area contributed by atoms with Gasteiger partial charge in [0.25, 0.3) is 5.91 Å². The van der Waals surface area contributed by atoms with Gasteiger partial charge in [-0.1, -0.05) is 12.1 Å². The zero-order chi connectivity index (χ0) is 16.2. The third-order valence-corrected chi connectivity index (χ3v) is 3.34. The van der Waals surface area contributed by atoms with E-state index in [1.165, 1.54) is 6.92 Å². The molecule has 1 aliphatic heterocycles. The van der Waals surface area contributed by atoms with E-state index in [0.717, 1.165) is 5.56 Å². The minimum Gasteiger partial charge on any atom is -0.454 e. The van der Waals surface area contributed by atoms with Gasteiger partial charge in [-0.05, 0) is 35.9 Å². The highest BCUT2D eigenvalue weighted by atomic mass is 16.7. The van der Waals surface area contributed by atoms with E-state index in [9.17, 15) is 9.59 Å². The van der Waals surface area contributed by atoms with Crippen molar-refractivity contribution >= 4 is 17.5 Å². The highest BCUT2D eigenvalue weighted by Gasteiger charge is 2.13. The van der Waals surface area contributed by atoms with Crippen LogP contribution in [-0.2, 0) is 11.3 Å². The molecular formula is C17H16N2O4. The predicted molar refractivity (Wildman–Crippen MR) is 84.5 cm³/mol. The summed E-state index contributed by atoms with van der Waals surface area (Å²) in [6.45, 7) is 2.02. The molecule has 1 aliphatic rings. The van der Waals surface area contributed by atoms with Gasteiger partial charge in [0, 0.05) is 24.7 Å². The van der Waals surface area contributed by atoms with Crippen LogP contribution in [0.2, 0.25) is 0 Å². The maximum atomic E-state index is 12.2. The summed E-state index contributed by atoms with van der Waals surface area (Å²) in [6.07, 6.45) is 0. The van der Waals surface area contributed by atoms with Gasteiger partial charge in [-0.2, -0.15) is 0 Å². The van der Waals surface area contributed by atoms with Crippen molar-refractivity contribution in [3.05, 3.63) is 53.6 Å². The van der Waals surface area contributed by atoms with E-state index in [1.54, 1.807) is 24.3 Å². The molecule has 0 spiro atoms. The Morgan fingerprint density at radius 1 is 1.09 bits per heavy atom. The third-order valence-electron chi connectivity index (χ3n) is 3.34. The Labute approximate surface area is 133 Å². The van der Waals surface area contributed by atoms with E-state index in [2.05, 4.69) is 10.6 Å². The Morgan fingerprint density at radius 2 is 1.91 bits per heavy atom. The number of ether oxygens (including phenoxy) is 2. The fourth-order valence-electron chi connectivity index (χ4n) is 2.28. The molecule has 2 aromatic rings. The summed E-state index contributed by atoms with van der Waals surface area (Å²) in [4.78, 5) is 23.3. The van der Waals surface area contributed by atoms with Crippen LogP contribution < -0.4 is 20.1 Å². The Morgan fingerprint density at radius 3 is 2.74 bits per heavy atom. The lowest BCUT2D eigenvalue weighted by Gasteiger charge is -2.08. The molecule has 6 nitrogen and oxygen atoms in total. The SMILES string of the molecule is CC(=O)Nc1cccc(C(=O)NCc2ccc3c(c2)OCO3)c1. The van der Waals surface area contributed by atoms with Gasteiger partial charge >= 0.3 is 0 Å². The van der Waals surface area contributed by atoms with E-state index >= 15 is 0 Å². The van der Waals surface area contributed by atoms with Crippen LogP contribution in [-0.4, -0.2) is 18.6 Å². The molecule has 0 saturated heterocycles. The topological polar surface area (TPSA) is 76.7 Å². The first kappa shape index (κ1) is 14.9. The van der Waals surface area contributed by atoms with Crippen molar-refractivity contribution in [1.29, 1.82) is 0 Å². The zero-order valence-electron chi connectivity index (χ0n) is 12.6. The second-order valence-corrected chi connectivity index (χ2v) is 5.13. The molecule has 0 unspecified atom stereocenters. The fraction of sp³-hybridized carbons (Fsp3) is 0.176. The number of hydrogen-bond donors (Lipinski definition) is 2. The van der Waals surface area contributed by atoms with E-state index in [1.807, 2.05) is 18.2 Å². The molecule has 0 saturated carbocycles. The van der Waals surface area contributed by atoms with Crippen LogP contribution >= 0.6 is 0 Å². The monoisotopic (exact) mass is 312 g/mol. The van der Waals surface area contributed by atoms with Crippen LogP contribution in [0.3, 0.4) is 0 Å². The van der Waals surface area contributed by atoms with Crippen LogP contribution in [0.25, 0.3) is 0 Å². The summed E-state index contributed by atoms with van der Waals surface area (Å²) in [5.41, 5.74) is 1.99. The average molecular weight is 312 g/mol. The number of rotatable bonds is 4. The summed E-state index contributed by atoms with van der Waals surface area (Å²) in [6, 6.07) is 12.3. The van der Waals surface area contributed by atoms with Gasteiger partial charge in [0.2, 0.25) is 12.7 Å². The van der Waals surface area contributed by atoms with Crippen molar-refractivity contribution in [2.75, 3.05) is 12.1 Å². The lowest BCUT2D eigenvalue weighted by Crippen LogP contribution is -2.22. The number of benzene rings is 2. The van der Waals surface area contributed by atoms with Crippen LogP contribution in [0.15, 0.2) is 42.5 Å². The lowest BCUT2D eigenvalue weighted by atomic mass is 10.1. The predicted octanol–water partition coefficient (Wildman–Crippen LogP) is 2.30. The Kier molecular flexibility index (Phi) is 4.14. The second kappa shape index (κ2) is 6.39. The molecule has 2 amide bonds. The number of fused-ring (bicyclic) bond motifs is 1. The number of carbonyl (C=O) groups is 2.